The fraction of sp³-hybridized carbons (Fsp3) is 0.429. The number of nitrogens with one attached hydrogen (secondary N) is 1. The third-order valence-electron chi connectivity index (χ3n) is 3.10. The quantitative estimate of drug-likeness (QED) is 0.844. The van der Waals surface area contributed by atoms with E-state index in [9.17, 15) is 4.79 Å². The fourth-order valence-corrected chi connectivity index (χ4v) is 1.79. The van der Waals surface area contributed by atoms with Crippen molar-refractivity contribution >= 4 is 11.8 Å². The maximum Gasteiger partial charge on any atom is 0.340 e. The van der Waals surface area contributed by atoms with E-state index in [0.29, 0.717) is 17.4 Å². The van der Waals surface area contributed by atoms with E-state index in [1.165, 1.54) is 19.0 Å². The highest BCUT2D eigenvalue weighted by atomic mass is 16.6. The van der Waals surface area contributed by atoms with Crippen LogP contribution in [0.2, 0.25) is 0 Å². The SMILES string of the molecule is Cc1noc([C@@H](C)OC(=O)c2ccc(NC3CC3)nc2)n1. The van der Waals surface area contributed by atoms with Gasteiger partial charge in [-0.1, -0.05) is 5.16 Å². The third-order valence-corrected chi connectivity index (χ3v) is 3.10. The first-order valence-electron chi connectivity index (χ1n) is 6.85. The number of ether oxygens (including phenoxy) is 1. The van der Waals surface area contributed by atoms with Gasteiger partial charge < -0.3 is 14.6 Å². The Bertz CT molecular complexity index is 634. The van der Waals surface area contributed by atoms with Crippen molar-refractivity contribution < 1.29 is 14.1 Å². The number of aryl methyl sites for hydroxylation is 1. The van der Waals surface area contributed by atoms with Crippen LogP contribution in [0, 0.1) is 6.92 Å². The van der Waals surface area contributed by atoms with Gasteiger partial charge in [-0.05, 0) is 38.8 Å². The van der Waals surface area contributed by atoms with E-state index >= 15 is 0 Å². The van der Waals surface area contributed by atoms with Gasteiger partial charge in [0.25, 0.3) is 5.89 Å². The maximum absolute atomic E-state index is 12.0. The first-order valence-corrected chi connectivity index (χ1v) is 6.85. The van der Waals surface area contributed by atoms with Crippen molar-refractivity contribution in [2.24, 2.45) is 0 Å². The van der Waals surface area contributed by atoms with Crippen molar-refractivity contribution in [3.63, 3.8) is 0 Å². The van der Waals surface area contributed by atoms with Gasteiger partial charge in [0.15, 0.2) is 11.9 Å². The zero-order valence-corrected chi connectivity index (χ0v) is 11.9. The second-order valence-electron chi connectivity index (χ2n) is 5.08. The van der Waals surface area contributed by atoms with E-state index in [2.05, 4.69) is 20.4 Å². The Morgan fingerprint density at radius 3 is 2.86 bits per heavy atom. The smallest absolute Gasteiger partial charge is 0.340 e. The van der Waals surface area contributed by atoms with Crippen LogP contribution in [-0.4, -0.2) is 27.1 Å². The molecule has 7 nitrogen and oxygen atoms in total. The summed E-state index contributed by atoms with van der Waals surface area (Å²) in [7, 11) is 0. The molecule has 2 aromatic heterocycles. The number of nitrogens with zero attached hydrogens (tertiary/aromatic N) is 3. The van der Waals surface area contributed by atoms with Crippen LogP contribution in [0.5, 0.6) is 0 Å². The van der Waals surface area contributed by atoms with Crippen LogP contribution >= 0.6 is 0 Å². The molecule has 0 bridgehead atoms. The molecule has 110 valence electrons. The molecule has 0 radical (unpaired) electrons. The molecular weight excluding hydrogens is 272 g/mol. The topological polar surface area (TPSA) is 90.1 Å². The molecule has 2 aromatic rings. The molecule has 0 spiro atoms. The van der Waals surface area contributed by atoms with E-state index in [-0.39, 0.29) is 5.89 Å². The Morgan fingerprint density at radius 2 is 2.29 bits per heavy atom. The number of rotatable bonds is 5. The van der Waals surface area contributed by atoms with Crippen molar-refractivity contribution in [1.29, 1.82) is 0 Å². The summed E-state index contributed by atoms with van der Waals surface area (Å²) in [5.41, 5.74) is 0.388. The van der Waals surface area contributed by atoms with Gasteiger partial charge in [0.2, 0.25) is 0 Å². The molecule has 0 aliphatic heterocycles. The minimum atomic E-state index is -0.594. The van der Waals surface area contributed by atoms with Crippen LogP contribution in [0.1, 0.15) is 47.9 Å². The van der Waals surface area contributed by atoms with Gasteiger partial charge in [0, 0.05) is 12.2 Å². The summed E-state index contributed by atoms with van der Waals surface area (Å²) in [4.78, 5) is 20.2. The molecule has 21 heavy (non-hydrogen) atoms. The van der Waals surface area contributed by atoms with E-state index in [1.54, 1.807) is 26.0 Å². The van der Waals surface area contributed by atoms with E-state index < -0.39 is 12.1 Å². The number of carbonyl (C=O) groups excluding carboxylic acids is 1. The summed E-state index contributed by atoms with van der Waals surface area (Å²) < 4.78 is 10.2. The summed E-state index contributed by atoms with van der Waals surface area (Å²) in [6.07, 6.45) is 3.25. The predicted octanol–water partition coefficient (Wildman–Crippen LogP) is 2.27. The van der Waals surface area contributed by atoms with Gasteiger partial charge in [-0.2, -0.15) is 4.98 Å². The van der Waals surface area contributed by atoms with E-state index in [0.717, 1.165) is 5.82 Å². The van der Waals surface area contributed by atoms with Gasteiger partial charge in [0.1, 0.15) is 5.82 Å². The molecule has 3 rings (SSSR count). The van der Waals surface area contributed by atoms with E-state index in [4.69, 9.17) is 9.26 Å². The van der Waals surface area contributed by atoms with Crippen molar-refractivity contribution in [3.8, 4) is 0 Å². The summed E-state index contributed by atoms with van der Waals surface area (Å²) in [6.45, 7) is 3.39. The molecular formula is C14H16N4O3. The van der Waals surface area contributed by atoms with Gasteiger partial charge in [0.05, 0.1) is 5.56 Å². The highest BCUT2D eigenvalue weighted by molar-refractivity contribution is 5.89. The van der Waals surface area contributed by atoms with Gasteiger partial charge >= 0.3 is 5.97 Å². The van der Waals surface area contributed by atoms with Crippen LogP contribution in [0.3, 0.4) is 0 Å². The highest BCUT2D eigenvalue weighted by Gasteiger charge is 2.22. The average molecular weight is 288 g/mol. The number of anilines is 1. The molecule has 0 aromatic carbocycles. The molecule has 1 fully saturated rings. The van der Waals surface area contributed by atoms with Crippen LogP contribution in [0.4, 0.5) is 5.82 Å². The first-order chi connectivity index (χ1) is 10.1. The third kappa shape index (κ3) is 3.36. The van der Waals surface area contributed by atoms with E-state index in [1.807, 2.05) is 0 Å². The molecule has 1 saturated carbocycles. The predicted molar refractivity (Wildman–Crippen MR) is 73.7 cm³/mol. The maximum atomic E-state index is 12.0. The van der Waals surface area contributed by atoms with Crippen LogP contribution in [0.15, 0.2) is 22.9 Å². The highest BCUT2D eigenvalue weighted by Crippen LogP contribution is 2.23. The van der Waals surface area contributed by atoms with Crippen LogP contribution < -0.4 is 5.32 Å². The standard InChI is InChI=1S/C14H16N4O3/c1-8(13-16-9(2)18-21-13)20-14(19)10-3-6-12(15-7-10)17-11-4-5-11/h3,6-8,11H,4-5H2,1-2H3,(H,15,17)/t8-/m1/s1. The molecule has 1 aliphatic rings. The average Bonchev–Trinajstić information content (AvgIpc) is 3.17. The number of aromatic nitrogens is 3. The molecule has 1 aliphatic carbocycles. The Labute approximate surface area is 121 Å². The molecule has 0 amide bonds. The second-order valence-corrected chi connectivity index (χ2v) is 5.08. The molecule has 7 heteroatoms. The zero-order chi connectivity index (χ0) is 14.8. The first kappa shape index (κ1) is 13.5. The zero-order valence-electron chi connectivity index (χ0n) is 11.9. The Kier molecular flexibility index (Phi) is 3.55. The molecule has 2 heterocycles. The number of pyridine rings is 1. The lowest BCUT2D eigenvalue weighted by atomic mass is 10.3. The lowest BCUT2D eigenvalue weighted by Crippen LogP contribution is -2.10. The molecule has 1 N–H and O–H groups in total. The molecule has 0 unspecified atom stereocenters. The summed E-state index contributed by atoms with van der Waals surface area (Å²) >= 11 is 0. The summed E-state index contributed by atoms with van der Waals surface area (Å²) in [5, 5.41) is 6.92. The fourth-order valence-electron chi connectivity index (χ4n) is 1.79. The Morgan fingerprint density at radius 1 is 1.48 bits per heavy atom. The number of esters is 1. The van der Waals surface area contributed by atoms with Crippen molar-refractivity contribution in [3.05, 3.63) is 35.6 Å². The minimum absolute atomic E-state index is 0.279. The van der Waals surface area contributed by atoms with Gasteiger partial charge in [-0.3, -0.25) is 0 Å². The summed E-state index contributed by atoms with van der Waals surface area (Å²) in [5.74, 6) is 1.09. The monoisotopic (exact) mass is 288 g/mol. The normalized spacial score (nSPS) is 15.5. The van der Waals surface area contributed by atoms with Crippen molar-refractivity contribution in [2.45, 2.75) is 38.8 Å². The summed E-state index contributed by atoms with van der Waals surface area (Å²) in [6, 6.07) is 3.98. The number of hydrogen-bond acceptors (Lipinski definition) is 7. The van der Waals surface area contributed by atoms with Crippen LogP contribution in [-0.2, 0) is 4.74 Å². The number of hydrogen-bond donors (Lipinski definition) is 1. The van der Waals surface area contributed by atoms with Gasteiger partial charge in [-0.25, -0.2) is 9.78 Å². The Balaban J connectivity index is 1.61. The minimum Gasteiger partial charge on any atom is -0.449 e. The lowest BCUT2D eigenvalue weighted by Gasteiger charge is -2.09. The largest absolute Gasteiger partial charge is 0.449 e. The Hall–Kier alpha value is -2.44. The molecule has 0 saturated heterocycles. The van der Waals surface area contributed by atoms with Crippen LogP contribution in [0.25, 0.3) is 0 Å². The molecule has 1 atom stereocenters. The lowest BCUT2D eigenvalue weighted by molar-refractivity contribution is 0.0265. The van der Waals surface area contributed by atoms with Crippen molar-refractivity contribution in [2.75, 3.05) is 5.32 Å². The van der Waals surface area contributed by atoms with Crippen molar-refractivity contribution in [1.82, 2.24) is 15.1 Å². The second kappa shape index (κ2) is 5.51. The van der Waals surface area contributed by atoms with Gasteiger partial charge in [-0.15, -0.1) is 0 Å². The number of carbonyl (C=O) groups is 1.